The second kappa shape index (κ2) is 15.4. The Morgan fingerprint density at radius 2 is 1.33 bits per heavy atom. The highest BCUT2D eigenvalue weighted by Gasteiger charge is 2.31. The van der Waals surface area contributed by atoms with Crippen LogP contribution in [0.15, 0.2) is 30.3 Å². The third-order valence-corrected chi connectivity index (χ3v) is 5.59. The Morgan fingerprint density at radius 3 is 1.86 bits per heavy atom. The Morgan fingerprint density at radius 1 is 0.833 bits per heavy atom. The SMILES string of the molecule is CSCCC(N)C(=O)NC(CC(N)=O)C(=O)NC(Cc1ccccc1)C(=O)NC(CC(N)=O)C(=O)O. The van der Waals surface area contributed by atoms with E-state index in [0.29, 0.717) is 17.7 Å². The van der Waals surface area contributed by atoms with Crippen LogP contribution >= 0.6 is 11.8 Å². The number of carboxylic acid groups (broad SMARTS) is 1. The van der Waals surface area contributed by atoms with Crippen LogP contribution < -0.4 is 33.2 Å². The van der Waals surface area contributed by atoms with E-state index in [0.717, 1.165) is 0 Å². The van der Waals surface area contributed by atoms with Crippen LogP contribution in [0.3, 0.4) is 0 Å². The quantitative estimate of drug-likeness (QED) is 0.122. The maximum Gasteiger partial charge on any atom is 0.326 e. The number of rotatable bonds is 16. The van der Waals surface area contributed by atoms with Gasteiger partial charge < -0.3 is 38.3 Å². The molecule has 0 spiro atoms. The van der Waals surface area contributed by atoms with E-state index in [4.69, 9.17) is 17.2 Å². The fourth-order valence-corrected chi connectivity index (χ4v) is 3.56. The zero-order valence-electron chi connectivity index (χ0n) is 19.8. The van der Waals surface area contributed by atoms with Crippen molar-refractivity contribution in [3.05, 3.63) is 35.9 Å². The Hall–Kier alpha value is -3.65. The molecule has 0 heterocycles. The fraction of sp³-hybridized carbons (Fsp3) is 0.455. The van der Waals surface area contributed by atoms with E-state index in [-0.39, 0.29) is 6.42 Å². The summed E-state index contributed by atoms with van der Waals surface area (Å²) in [5.41, 5.74) is 16.7. The van der Waals surface area contributed by atoms with Crippen LogP contribution in [-0.4, -0.2) is 76.8 Å². The number of benzene rings is 1. The molecule has 1 aromatic carbocycles. The summed E-state index contributed by atoms with van der Waals surface area (Å²) in [6, 6.07) is 3.18. The molecule has 0 aliphatic rings. The molecule has 13 nitrogen and oxygen atoms in total. The van der Waals surface area contributed by atoms with Crippen molar-refractivity contribution in [2.45, 2.75) is 49.9 Å². The van der Waals surface area contributed by atoms with E-state index >= 15 is 0 Å². The van der Waals surface area contributed by atoms with Gasteiger partial charge >= 0.3 is 5.97 Å². The molecule has 10 N–H and O–H groups in total. The first-order valence-electron chi connectivity index (χ1n) is 10.9. The second-order valence-corrected chi connectivity index (χ2v) is 8.93. The van der Waals surface area contributed by atoms with Crippen molar-refractivity contribution in [2.75, 3.05) is 12.0 Å². The van der Waals surface area contributed by atoms with Crippen LogP contribution in [0, 0.1) is 0 Å². The number of amides is 5. The molecule has 0 saturated carbocycles. The molecule has 198 valence electrons. The third kappa shape index (κ3) is 11.2. The summed E-state index contributed by atoms with van der Waals surface area (Å²) in [6.45, 7) is 0. The number of thioether (sulfide) groups is 1. The van der Waals surface area contributed by atoms with Crippen molar-refractivity contribution in [2.24, 2.45) is 17.2 Å². The van der Waals surface area contributed by atoms with Gasteiger partial charge in [-0.05, 0) is 24.0 Å². The molecule has 4 unspecified atom stereocenters. The van der Waals surface area contributed by atoms with Gasteiger partial charge in [-0.1, -0.05) is 30.3 Å². The van der Waals surface area contributed by atoms with Gasteiger partial charge in [0.2, 0.25) is 29.5 Å². The molecule has 14 heteroatoms. The highest BCUT2D eigenvalue weighted by atomic mass is 32.2. The van der Waals surface area contributed by atoms with E-state index in [2.05, 4.69) is 16.0 Å². The molecule has 0 saturated heterocycles. The largest absolute Gasteiger partial charge is 0.480 e. The second-order valence-electron chi connectivity index (χ2n) is 7.94. The molecule has 0 aliphatic heterocycles. The molecular weight excluding hydrogens is 492 g/mol. The van der Waals surface area contributed by atoms with Gasteiger partial charge in [-0.15, -0.1) is 0 Å². The monoisotopic (exact) mass is 524 g/mol. The number of nitrogens with two attached hydrogens (primary N) is 3. The van der Waals surface area contributed by atoms with Crippen LogP contribution in [-0.2, 0) is 35.2 Å². The van der Waals surface area contributed by atoms with Crippen molar-refractivity contribution >= 4 is 47.3 Å². The highest BCUT2D eigenvalue weighted by Crippen LogP contribution is 2.07. The van der Waals surface area contributed by atoms with Gasteiger partial charge in [0.25, 0.3) is 0 Å². The molecule has 1 rings (SSSR count). The Balaban J connectivity index is 3.11. The molecule has 36 heavy (non-hydrogen) atoms. The Bertz CT molecular complexity index is 946. The van der Waals surface area contributed by atoms with E-state index in [1.165, 1.54) is 11.8 Å². The number of hydrogen-bond acceptors (Lipinski definition) is 8. The Labute approximate surface area is 212 Å². The van der Waals surface area contributed by atoms with Crippen LogP contribution in [0.1, 0.15) is 24.8 Å². The minimum Gasteiger partial charge on any atom is -0.480 e. The third-order valence-electron chi connectivity index (χ3n) is 4.94. The standard InChI is InChI=1S/C22H32N6O7S/c1-36-8-7-13(23)19(31)26-15(10-17(24)29)21(33)27-14(9-12-5-3-2-4-6-12)20(32)28-16(22(34)35)11-18(25)30/h2-6,13-16H,7-11,23H2,1H3,(H2,24,29)(H2,25,30)(H,26,31)(H,27,33)(H,28,32)(H,34,35). The minimum absolute atomic E-state index is 0.0637. The predicted octanol–water partition coefficient (Wildman–Crippen LogP) is -2.40. The first kappa shape index (κ1) is 30.4. The van der Waals surface area contributed by atoms with Crippen LogP contribution in [0.4, 0.5) is 0 Å². The van der Waals surface area contributed by atoms with Gasteiger partial charge in [-0.2, -0.15) is 11.8 Å². The summed E-state index contributed by atoms with van der Waals surface area (Å²) in [5, 5.41) is 16.3. The maximum absolute atomic E-state index is 13.0. The average Bonchev–Trinajstić information content (AvgIpc) is 2.80. The molecule has 0 fully saturated rings. The number of nitrogens with one attached hydrogen (secondary N) is 3. The highest BCUT2D eigenvalue weighted by molar-refractivity contribution is 7.98. The lowest BCUT2D eigenvalue weighted by molar-refractivity contribution is -0.143. The maximum atomic E-state index is 13.0. The van der Waals surface area contributed by atoms with Gasteiger partial charge in [0.1, 0.15) is 18.1 Å². The van der Waals surface area contributed by atoms with Crippen molar-refractivity contribution in [3.8, 4) is 0 Å². The summed E-state index contributed by atoms with van der Waals surface area (Å²) in [7, 11) is 0. The number of aliphatic carboxylic acids is 1. The lowest BCUT2D eigenvalue weighted by atomic mass is 10.0. The zero-order chi connectivity index (χ0) is 27.3. The normalized spacial score (nSPS) is 13.9. The summed E-state index contributed by atoms with van der Waals surface area (Å²) in [4.78, 5) is 72.5. The van der Waals surface area contributed by atoms with Crippen LogP contribution in [0.25, 0.3) is 0 Å². The molecule has 5 amide bonds. The van der Waals surface area contributed by atoms with Gasteiger partial charge in [0, 0.05) is 6.42 Å². The number of carbonyl (C=O) groups excluding carboxylic acids is 5. The molecule has 0 radical (unpaired) electrons. The molecule has 1 aromatic rings. The summed E-state index contributed by atoms with van der Waals surface area (Å²) in [6.07, 6.45) is 0.872. The number of carboxylic acids is 1. The van der Waals surface area contributed by atoms with Crippen LogP contribution in [0.5, 0.6) is 0 Å². The molecule has 4 atom stereocenters. The van der Waals surface area contributed by atoms with Gasteiger partial charge in [-0.25, -0.2) is 4.79 Å². The topological polar surface area (TPSA) is 237 Å². The lowest BCUT2D eigenvalue weighted by Crippen LogP contribution is -2.58. The number of hydrogen-bond donors (Lipinski definition) is 7. The number of primary amides is 2. The van der Waals surface area contributed by atoms with Crippen molar-refractivity contribution in [1.29, 1.82) is 0 Å². The van der Waals surface area contributed by atoms with Gasteiger partial charge in [0.15, 0.2) is 0 Å². The van der Waals surface area contributed by atoms with Crippen molar-refractivity contribution in [3.63, 3.8) is 0 Å². The summed E-state index contributed by atoms with van der Waals surface area (Å²) in [5.74, 6) is -5.24. The van der Waals surface area contributed by atoms with E-state index < -0.39 is 72.5 Å². The number of carbonyl (C=O) groups is 6. The van der Waals surface area contributed by atoms with Crippen molar-refractivity contribution < 1.29 is 33.9 Å². The first-order valence-corrected chi connectivity index (χ1v) is 12.3. The first-order chi connectivity index (χ1) is 16.9. The van der Waals surface area contributed by atoms with Crippen molar-refractivity contribution in [1.82, 2.24) is 16.0 Å². The molecular formula is C22H32N6O7S. The minimum atomic E-state index is -1.62. The van der Waals surface area contributed by atoms with Crippen LogP contribution in [0.2, 0.25) is 0 Å². The van der Waals surface area contributed by atoms with Gasteiger partial charge in [0.05, 0.1) is 18.9 Å². The lowest BCUT2D eigenvalue weighted by Gasteiger charge is -2.24. The molecule has 0 aromatic heterocycles. The van der Waals surface area contributed by atoms with E-state index in [9.17, 15) is 33.9 Å². The smallest absolute Gasteiger partial charge is 0.326 e. The Kier molecular flexibility index (Phi) is 13.0. The van der Waals surface area contributed by atoms with E-state index in [1.807, 2.05) is 6.26 Å². The fourth-order valence-electron chi connectivity index (χ4n) is 3.07. The van der Waals surface area contributed by atoms with Gasteiger partial charge in [-0.3, -0.25) is 24.0 Å². The summed E-state index contributed by atoms with van der Waals surface area (Å²) < 4.78 is 0. The van der Waals surface area contributed by atoms with E-state index in [1.54, 1.807) is 30.3 Å². The zero-order valence-corrected chi connectivity index (χ0v) is 20.6. The summed E-state index contributed by atoms with van der Waals surface area (Å²) >= 11 is 1.48. The molecule has 0 bridgehead atoms. The molecule has 0 aliphatic carbocycles. The average molecular weight is 525 g/mol. The predicted molar refractivity (Wildman–Crippen MR) is 132 cm³/mol.